The van der Waals surface area contributed by atoms with Crippen LogP contribution in [-0.2, 0) is 22.5 Å². The first kappa shape index (κ1) is 29.8. The summed E-state index contributed by atoms with van der Waals surface area (Å²) in [6.07, 6.45) is -0.177. The molecule has 0 aromatic heterocycles. The summed E-state index contributed by atoms with van der Waals surface area (Å²) in [5, 5.41) is 16.9. The number of hydrogen-bond acceptors (Lipinski definition) is 5. The Hall–Kier alpha value is -3.39. The second-order valence-electron chi connectivity index (χ2n) is 10.7. The fourth-order valence-electron chi connectivity index (χ4n) is 3.89. The Bertz CT molecular complexity index is 976. The fourth-order valence-corrected chi connectivity index (χ4v) is 3.89. The molecular weight excluding hydrogens is 470 g/mol. The molecule has 3 N–H and O–H groups in total. The first-order valence-electron chi connectivity index (χ1n) is 12.7. The number of rotatable bonds is 12. The molecule has 2 aromatic carbocycles. The number of aliphatic hydroxyl groups is 1. The monoisotopic (exact) mass is 511 g/mol. The van der Waals surface area contributed by atoms with E-state index in [-0.39, 0.29) is 19.0 Å². The maximum absolute atomic E-state index is 13.3. The summed E-state index contributed by atoms with van der Waals surface area (Å²) in [6, 6.07) is 17.1. The molecule has 0 saturated carbocycles. The Morgan fingerprint density at radius 2 is 1.54 bits per heavy atom. The van der Waals surface area contributed by atoms with E-state index < -0.39 is 35.9 Å². The lowest BCUT2D eigenvalue weighted by atomic mass is 10.0. The molecule has 0 heterocycles. The van der Waals surface area contributed by atoms with Crippen LogP contribution in [0, 0.1) is 5.92 Å². The van der Waals surface area contributed by atoms with Gasteiger partial charge in [-0.25, -0.2) is 9.59 Å². The third kappa shape index (κ3) is 11.5. The van der Waals surface area contributed by atoms with Crippen molar-refractivity contribution >= 4 is 18.4 Å². The van der Waals surface area contributed by atoms with E-state index in [9.17, 15) is 19.5 Å². The standard InChI is InChI=1S/C29H41N3O5/c1-21(2)16-24(20-33)30-27(35)32(18-23-14-10-7-11-15-23)19-26(34)25(17-22-12-8-6-9-13-22)31-28(36)37-29(3,4)5/h6-15,20-21,24-26,34H,16-19H2,1-5H3,(H,30,35)(H,31,36)/t24-,25?,26?/m0/s1. The minimum atomic E-state index is -1.11. The number of nitrogens with one attached hydrogen (secondary N) is 2. The average molecular weight is 512 g/mol. The molecule has 2 aromatic rings. The number of ether oxygens (including phenoxy) is 1. The molecule has 0 fully saturated rings. The minimum Gasteiger partial charge on any atom is -0.444 e. The lowest BCUT2D eigenvalue weighted by Gasteiger charge is -2.32. The van der Waals surface area contributed by atoms with Crippen LogP contribution < -0.4 is 10.6 Å². The van der Waals surface area contributed by atoms with E-state index in [2.05, 4.69) is 10.6 Å². The zero-order valence-corrected chi connectivity index (χ0v) is 22.5. The van der Waals surface area contributed by atoms with E-state index in [1.165, 1.54) is 4.90 Å². The van der Waals surface area contributed by atoms with Crippen molar-refractivity contribution in [3.05, 3.63) is 71.8 Å². The van der Waals surface area contributed by atoms with E-state index >= 15 is 0 Å². The molecule has 0 bridgehead atoms. The zero-order valence-electron chi connectivity index (χ0n) is 22.5. The number of carbonyl (C=O) groups is 3. The molecule has 37 heavy (non-hydrogen) atoms. The molecule has 3 atom stereocenters. The van der Waals surface area contributed by atoms with Crippen molar-refractivity contribution in [2.75, 3.05) is 6.54 Å². The lowest BCUT2D eigenvalue weighted by Crippen LogP contribution is -2.53. The molecule has 0 spiro atoms. The third-order valence-electron chi connectivity index (χ3n) is 5.57. The topological polar surface area (TPSA) is 108 Å². The highest BCUT2D eigenvalue weighted by molar-refractivity contribution is 5.78. The summed E-state index contributed by atoms with van der Waals surface area (Å²) in [6.45, 7) is 9.41. The number of carbonyl (C=O) groups excluding carboxylic acids is 3. The van der Waals surface area contributed by atoms with Crippen LogP contribution in [0.3, 0.4) is 0 Å². The molecular formula is C29H41N3O5. The van der Waals surface area contributed by atoms with Crippen molar-refractivity contribution < 1.29 is 24.2 Å². The van der Waals surface area contributed by atoms with Crippen LogP contribution in [0.4, 0.5) is 9.59 Å². The number of alkyl carbamates (subject to hydrolysis) is 1. The quantitative estimate of drug-likeness (QED) is 0.368. The lowest BCUT2D eigenvalue weighted by molar-refractivity contribution is -0.109. The van der Waals surface area contributed by atoms with Gasteiger partial charge in [0.05, 0.1) is 24.7 Å². The van der Waals surface area contributed by atoms with E-state index in [1.807, 2.05) is 74.5 Å². The molecule has 0 aliphatic carbocycles. The fraction of sp³-hybridized carbons (Fsp3) is 0.483. The molecule has 2 unspecified atom stereocenters. The van der Waals surface area contributed by atoms with Crippen LogP contribution in [0.15, 0.2) is 60.7 Å². The van der Waals surface area contributed by atoms with Gasteiger partial charge in [-0.05, 0) is 50.7 Å². The summed E-state index contributed by atoms with van der Waals surface area (Å²) in [4.78, 5) is 38.9. The molecule has 202 valence electrons. The largest absolute Gasteiger partial charge is 0.444 e. The van der Waals surface area contributed by atoms with Gasteiger partial charge in [0.2, 0.25) is 0 Å². The Morgan fingerprint density at radius 1 is 0.973 bits per heavy atom. The number of nitrogens with zero attached hydrogens (tertiary/aromatic N) is 1. The summed E-state index contributed by atoms with van der Waals surface area (Å²) in [5.74, 6) is 0.219. The highest BCUT2D eigenvalue weighted by Gasteiger charge is 2.29. The number of aliphatic hydroxyl groups excluding tert-OH is 1. The molecule has 0 saturated heterocycles. The van der Waals surface area contributed by atoms with Crippen molar-refractivity contribution in [2.45, 2.75) is 77.8 Å². The van der Waals surface area contributed by atoms with Crippen LogP contribution in [0.1, 0.15) is 52.2 Å². The molecule has 2 rings (SSSR count). The second-order valence-corrected chi connectivity index (χ2v) is 10.7. The summed E-state index contributed by atoms with van der Waals surface area (Å²) >= 11 is 0. The van der Waals surface area contributed by atoms with Crippen LogP contribution in [0.25, 0.3) is 0 Å². The van der Waals surface area contributed by atoms with E-state index in [4.69, 9.17) is 4.74 Å². The molecule has 3 amide bonds. The molecule has 0 radical (unpaired) electrons. The van der Waals surface area contributed by atoms with E-state index in [0.29, 0.717) is 12.8 Å². The van der Waals surface area contributed by atoms with Crippen molar-refractivity contribution in [1.29, 1.82) is 0 Å². The third-order valence-corrected chi connectivity index (χ3v) is 5.57. The summed E-state index contributed by atoms with van der Waals surface area (Å²) in [7, 11) is 0. The first-order chi connectivity index (χ1) is 17.5. The van der Waals surface area contributed by atoms with Gasteiger partial charge in [0.15, 0.2) is 0 Å². The van der Waals surface area contributed by atoms with Crippen molar-refractivity contribution in [3.63, 3.8) is 0 Å². The van der Waals surface area contributed by atoms with Gasteiger partial charge in [0, 0.05) is 6.54 Å². The predicted molar refractivity (Wildman–Crippen MR) is 144 cm³/mol. The maximum atomic E-state index is 13.3. The number of hydrogen-bond donors (Lipinski definition) is 3. The van der Waals surface area contributed by atoms with E-state index in [1.54, 1.807) is 20.8 Å². The highest BCUT2D eigenvalue weighted by Crippen LogP contribution is 2.14. The number of benzene rings is 2. The Labute approximate surface area is 220 Å². The van der Waals surface area contributed by atoms with Gasteiger partial charge >= 0.3 is 12.1 Å². The Morgan fingerprint density at radius 3 is 2.05 bits per heavy atom. The molecule has 0 aliphatic rings. The number of urea groups is 1. The van der Waals surface area contributed by atoms with Crippen molar-refractivity contribution in [3.8, 4) is 0 Å². The normalized spacial score (nSPS) is 13.8. The number of amides is 3. The van der Waals surface area contributed by atoms with E-state index in [0.717, 1.165) is 17.4 Å². The van der Waals surface area contributed by atoms with Gasteiger partial charge in [0.25, 0.3) is 0 Å². The van der Waals surface area contributed by atoms with Crippen LogP contribution in [0.2, 0.25) is 0 Å². The summed E-state index contributed by atoms with van der Waals surface area (Å²) < 4.78 is 5.42. The maximum Gasteiger partial charge on any atom is 0.407 e. The average Bonchev–Trinajstić information content (AvgIpc) is 2.82. The smallest absolute Gasteiger partial charge is 0.407 e. The Balaban J connectivity index is 2.25. The molecule has 0 aliphatic heterocycles. The predicted octanol–water partition coefficient (Wildman–Crippen LogP) is 4.31. The van der Waals surface area contributed by atoms with Gasteiger partial charge < -0.3 is 30.2 Å². The zero-order chi connectivity index (χ0) is 27.4. The van der Waals surface area contributed by atoms with Gasteiger partial charge in [-0.1, -0.05) is 74.5 Å². The highest BCUT2D eigenvalue weighted by atomic mass is 16.6. The van der Waals surface area contributed by atoms with Gasteiger partial charge in [0.1, 0.15) is 11.9 Å². The van der Waals surface area contributed by atoms with Crippen LogP contribution >= 0.6 is 0 Å². The molecule has 8 nitrogen and oxygen atoms in total. The van der Waals surface area contributed by atoms with Crippen LogP contribution in [0.5, 0.6) is 0 Å². The van der Waals surface area contributed by atoms with Gasteiger partial charge in [-0.15, -0.1) is 0 Å². The SMILES string of the molecule is CC(C)C[C@@H](C=O)NC(=O)N(Cc1ccccc1)CC(O)C(Cc1ccccc1)NC(=O)OC(C)(C)C. The van der Waals surface area contributed by atoms with Gasteiger partial charge in [-0.2, -0.15) is 0 Å². The van der Waals surface area contributed by atoms with Crippen LogP contribution in [-0.4, -0.2) is 58.8 Å². The molecule has 8 heteroatoms. The summed E-state index contributed by atoms with van der Waals surface area (Å²) in [5.41, 5.74) is 1.09. The van der Waals surface area contributed by atoms with Crippen molar-refractivity contribution in [1.82, 2.24) is 15.5 Å². The number of aldehydes is 1. The second kappa shape index (κ2) is 14.4. The first-order valence-corrected chi connectivity index (χ1v) is 12.7. The Kier molecular flexibility index (Phi) is 11.6. The minimum absolute atomic E-state index is 0.0682. The van der Waals surface area contributed by atoms with Crippen molar-refractivity contribution in [2.24, 2.45) is 5.92 Å². The van der Waals surface area contributed by atoms with Gasteiger partial charge in [-0.3, -0.25) is 0 Å².